The van der Waals surface area contributed by atoms with Crippen LogP contribution in [0.4, 0.5) is 10.5 Å². The van der Waals surface area contributed by atoms with E-state index in [9.17, 15) is 9.90 Å². The first kappa shape index (κ1) is 21.5. The van der Waals surface area contributed by atoms with Crippen LogP contribution in [0.3, 0.4) is 0 Å². The number of aliphatic hydroxyl groups excluding tert-OH is 2. The number of benzene rings is 1. The summed E-state index contributed by atoms with van der Waals surface area (Å²) in [6, 6.07) is 8.12. The molecular formula is C20H33N3O4. The van der Waals surface area contributed by atoms with Gasteiger partial charge in [0.1, 0.15) is 5.60 Å². The quantitative estimate of drug-likeness (QED) is 0.667. The molecule has 0 radical (unpaired) electrons. The lowest BCUT2D eigenvalue weighted by molar-refractivity contribution is 0.0146. The number of piperazine rings is 1. The van der Waals surface area contributed by atoms with Gasteiger partial charge in [0.25, 0.3) is 0 Å². The van der Waals surface area contributed by atoms with Crippen molar-refractivity contribution >= 4 is 11.8 Å². The van der Waals surface area contributed by atoms with Crippen LogP contribution in [-0.2, 0) is 11.2 Å². The first-order valence-corrected chi connectivity index (χ1v) is 9.59. The smallest absolute Gasteiger partial charge is 0.410 e. The van der Waals surface area contributed by atoms with Crippen LogP contribution in [0.2, 0.25) is 0 Å². The van der Waals surface area contributed by atoms with Gasteiger partial charge in [-0.2, -0.15) is 0 Å². The molecule has 0 aliphatic carbocycles. The molecule has 0 bridgehead atoms. The normalized spacial score (nSPS) is 16.9. The van der Waals surface area contributed by atoms with Crippen molar-refractivity contribution in [3.8, 4) is 0 Å². The van der Waals surface area contributed by atoms with E-state index in [1.165, 1.54) is 5.56 Å². The summed E-state index contributed by atoms with van der Waals surface area (Å²) in [5, 5.41) is 21.3. The van der Waals surface area contributed by atoms with Gasteiger partial charge in [0.05, 0.1) is 12.7 Å². The summed E-state index contributed by atoms with van der Waals surface area (Å²) >= 11 is 0. The van der Waals surface area contributed by atoms with Crippen molar-refractivity contribution < 1.29 is 19.7 Å². The molecule has 152 valence electrons. The molecule has 0 saturated carbocycles. The maximum absolute atomic E-state index is 12.1. The summed E-state index contributed by atoms with van der Waals surface area (Å²) in [6.07, 6.45) is -0.0213. The highest BCUT2D eigenvalue weighted by molar-refractivity contribution is 5.68. The SMILES string of the molecule is CC(C)(C)OC(=O)N1CCN(CCc2ccc(NCC(O)CO)cc2)CC1. The topological polar surface area (TPSA) is 85.3 Å². The molecule has 0 aromatic heterocycles. The first-order chi connectivity index (χ1) is 12.8. The van der Waals surface area contributed by atoms with Crippen LogP contribution in [0.15, 0.2) is 24.3 Å². The molecule has 27 heavy (non-hydrogen) atoms. The van der Waals surface area contributed by atoms with Crippen molar-refractivity contribution in [3.63, 3.8) is 0 Å². The Hall–Kier alpha value is -1.83. The van der Waals surface area contributed by atoms with Gasteiger partial charge in [0, 0.05) is 45.0 Å². The Bertz CT molecular complexity index is 578. The van der Waals surface area contributed by atoms with Crippen LogP contribution in [0, 0.1) is 0 Å². The van der Waals surface area contributed by atoms with Crippen LogP contribution < -0.4 is 5.32 Å². The number of carbonyl (C=O) groups is 1. The highest BCUT2D eigenvalue weighted by atomic mass is 16.6. The Labute approximate surface area is 161 Å². The van der Waals surface area contributed by atoms with Gasteiger partial charge in [-0.25, -0.2) is 4.79 Å². The molecule has 1 atom stereocenters. The molecule has 0 spiro atoms. The van der Waals surface area contributed by atoms with Crippen LogP contribution >= 0.6 is 0 Å². The van der Waals surface area contributed by atoms with Gasteiger partial charge in [0.15, 0.2) is 0 Å². The monoisotopic (exact) mass is 379 g/mol. The zero-order valence-electron chi connectivity index (χ0n) is 16.6. The van der Waals surface area contributed by atoms with Gasteiger partial charge in [-0.3, -0.25) is 4.90 Å². The van der Waals surface area contributed by atoms with Crippen molar-refractivity contribution in [2.24, 2.45) is 0 Å². The zero-order valence-corrected chi connectivity index (χ0v) is 16.6. The van der Waals surface area contributed by atoms with Gasteiger partial charge < -0.3 is 25.2 Å². The van der Waals surface area contributed by atoms with E-state index < -0.39 is 11.7 Å². The second-order valence-electron chi connectivity index (χ2n) is 7.97. The molecule has 1 fully saturated rings. The fourth-order valence-electron chi connectivity index (χ4n) is 2.86. The Balaban J connectivity index is 1.70. The van der Waals surface area contributed by atoms with E-state index in [0.717, 1.165) is 31.7 Å². The average molecular weight is 380 g/mol. The van der Waals surface area contributed by atoms with E-state index in [1.54, 1.807) is 4.90 Å². The van der Waals surface area contributed by atoms with Gasteiger partial charge >= 0.3 is 6.09 Å². The van der Waals surface area contributed by atoms with E-state index in [0.29, 0.717) is 19.6 Å². The predicted molar refractivity (Wildman–Crippen MR) is 106 cm³/mol. The zero-order chi connectivity index (χ0) is 19.9. The maximum atomic E-state index is 12.1. The summed E-state index contributed by atoms with van der Waals surface area (Å²) in [4.78, 5) is 16.2. The van der Waals surface area contributed by atoms with Crippen LogP contribution in [0.5, 0.6) is 0 Å². The van der Waals surface area contributed by atoms with Gasteiger partial charge in [0.2, 0.25) is 0 Å². The van der Waals surface area contributed by atoms with E-state index in [2.05, 4.69) is 22.3 Å². The van der Waals surface area contributed by atoms with Gasteiger partial charge in [-0.1, -0.05) is 12.1 Å². The summed E-state index contributed by atoms with van der Waals surface area (Å²) in [6.45, 7) is 9.82. The third-order valence-electron chi connectivity index (χ3n) is 4.45. The molecule has 1 aromatic rings. The van der Waals surface area contributed by atoms with Gasteiger partial charge in [-0.15, -0.1) is 0 Å². The largest absolute Gasteiger partial charge is 0.444 e. The number of amides is 1. The molecule has 2 rings (SSSR count). The van der Waals surface area contributed by atoms with Crippen molar-refractivity contribution in [1.29, 1.82) is 0 Å². The molecule has 1 unspecified atom stereocenters. The molecular weight excluding hydrogens is 346 g/mol. The predicted octanol–water partition coefficient (Wildman–Crippen LogP) is 1.55. The molecule has 1 saturated heterocycles. The number of rotatable bonds is 7. The van der Waals surface area contributed by atoms with Crippen LogP contribution in [-0.4, -0.2) is 83.7 Å². The second kappa shape index (κ2) is 9.92. The van der Waals surface area contributed by atoms with E-state index in [-0.39, 0.29) is 12.7 Å². The second-order valence-corrected chi connectivity index (χ2v) is 7.97. The van der Waals surface area contributed by atoms with Crippen LogP contribution in [0.25, 0.3) is 0 Å². The lowest BCUT2D eigenvalue weighted by atomic mass is 10.1. The van der Waals surface area contributed by atoms with Crippen molar-refractivity contribution in [2.45, 2.75) is 38.9 Å². The number of anilines is 1. The Morgan fingerprint density at radius 1 is 1.19 bits per heavy atom. The molecule has 1 aliphatic heterocycles. The number of hydrogen-bond donors (Lipinski definition) is 3. The fourth-order valence-corrected chi connectivity index (χ4v) is 2.86. The summed E-state index contributed by atoms with van der Waals surface area (Å²) in [5.41, 5.74) is 1.72. The molecule has 1 amide bonds. The molecule has 3 N–H and O–H groups in total. The highest BCUT2D eigenvalue weighted by Gasteiger charge is 2.25. The lowest BCUT2D eigenvalue weighted by Crippen LogP contribution is -2.50. The Morgan fingerprint density at radius 2 is 1.81 bits per heavy atom. The van der Waals surface area contributed by atoms with Crippen LogP contribution in [0.1, 0.15) is 26.3 Å². The van der Waals surface area contributed by atoms with Crippen molar-refractivity contribution in [1.82, 2.24) is 9.80 Å². The van der Waals surface area contributed by atoms with Gasteiger partial charge in [-0.05, 0) is 44.9 Å². The third-order valence-corrected chi connectivity index (χ3v) is 4.45. The molecule has 1 heterocycles. The summed E-state index contributed by atoms with van der Waals surface area (Å²) < 4.78 is 5.43. The standard InChI is InChI=1S/C20H33N3O4/c1-20(2,3)27-19(26)23-12-10-22(11-13-23)9-8-16-4-6-17(7-5-16)21-14-18(25)15-24/h4-7,18,21,24-25H,8-15H2,1-3H3. The summed E-state index contributed by atoms with van der Waals surface area (Å²) in [5.74, 6) is 0. The minimum atomic E-state index is -0.746. The molecule has 7 nitrogen and oxygen atoms in total. The average Bonchev–Trinajstić information content (AvgIpc) is 2.64. The lowest BCUT2D eigenvalue weighted by Gasteiger charge is -2.35. The first-order valence-electron chi connectivity index (χ1n) is 9.59. The Morgan fingerprint density at radius 3 is 2.37 bits per heavy atom. The number of nitrogens with one attached hydrogen (secondary N) is 1. The van der Waals surface area contributed by atoms with E-state index >= 15 is 0 Å². The molecule has 7 heteroatoms. The summed E-state index contributed by atoms with van der Waals surface area (Å²) in [7, 11) is 0. The molecule has 1 aliphatic rings. The fraction of sp³-hybridized carbons (Fsp3) is 0.650. The number of aliphatic hydroxyl groups is 2. The van der Waals surface area contributed by atoms with Crippen molar-refractivity contribution in [2.75, 3.05) is 51.2 Å². The van der Waals surface area contributed by atoms with E-state index in [4.69, 9.17) is 9.84 Å². The minimum absolute atomic E-state index is 0.225. The Kier molecular flexibility index (Phi) is 7.89. The van der Waals surface area contributed by atoms with Crippen molar-refractivity contribution in [3.05, 3.63) is 29.8 Å². The van der Waals surface area contributed by atoms with E-state index in [1.807, 2.05) is 32.9 Å². The highest BCUT2D eigenvalue weighted by Crippen LogP contribution is 2.13. The number of ether oxygens (including phenoxy) is 1. The molecule has 1 aromatic carbocycles. The number of hydrogen-bond acceptors (Lipinski definition) is 6. The number of nitrogens with zero attached hydrogens (tertiary/aromatic N) is 2. The minimum Gasteiger partial charge on any atom is -0.444 e. The third kappa shape index (κ3) is 7.74. The number of carbonyl (C=O) groups excluding carboxylic acids is 1. The maximum Gasteiger partial charge on any atom is 0.410 e.